The maximum atomic E-state index is 6.57. The standard InChI is InChI=1S/C24H36ClNO2/c1-5-7-28-21-19(25)8-17(9-20(21)27-6-2)13-26-24-12-18-10-22(3,15-24)14-23(4,11-18)16-24/h8-9,18,26H,5-7,10-16H2,1-4H3. The molecule has 4 heteroatoms. The Morgan fingerprint density at radius 1 is 1.04 bits per heavy atom. The van der Waals surface area contributed by atoms with Gasteiger partial charge in [-0.2, -0.15) is 0 Å². The summed E-state index contributed by atoms with van der Waals surface area (Å²) in [5.74, 6) is 2.35. The molecule has 2 atom stereocenters. The summed E-state index contributed by atoms with van der Waals surface area (Å²) in [5, 5.41) is 4.65. The highest BCUT2D eigenvalue weighted by Gasteiger charge is 2.59. The van der Waals surface area contributed by atoms with Gasteiger partial charge in [0.2, 0.25) is 0 Å². The van der Waals surface area contributed by atoms with Crippen LogP contribution in [0.2, 0.25) is 5.02 Å². The molecule has 4 fully saturated rings. The lowest BCUT2D eigenvalue weighted by atomic mass is 9.43. The largest absolute Gasteiger partial charge is 0.490 e. The fourth-order valence-electron chi connectivity index (χ4n) is 7.26. The van der Waals surface area contributed by atoms with Crippen molar-refractivity contribution in [3.8, 4) is 11.5 Å². The molecule has 0 aliphatic heterocycles. The van der Waals surface area contributed by atoms with Crippen LogP contribution in [0.5, 0.6) is 11.5 Å². The third-order valence-electron chi connectivity index (χ3n) is 7.11. The molecule has 0 aromatic heterocycles. The average molecular weight is 406 g/mol. The summed E-state index contributed by atoms with van der Waals surface area (Å²) in [6.07, 6.45) is 9.18. The molecule has 1 aromatic rings. The van der Waals surface area contributed by atoms with E-state index in [0.717, 1.165) is 24.6 Å². The van der Waals surface area contributed by atoms with Crippen LogP contribution >= 0.6 is 11.6 Å². The molecule has 1 N–H and O–H groups in total. The number of hydrogen-bond donors (Lipinski definition) is 1. The molecule has 4 aliphatic rings. The van der Waals surface area contributed by atoms with Gasteiger partial charge < -0.3 is 14.8 Å². The molecule has 28 heavy (non-hydrogen) atoms. The number of halogens is 1. The van der Waals surface area contributed by atoms with E-state index < -0.39 is 0 Å². The van der Waals surface area contributed by atoms with E-state index in [0.29, 0.717) is 40.4 Å². The fourth-order valence-corrected chi connectivity index (χ4v) is 7.55. The molecule has 0 radical (unpaired) electrons. The SMILES string of the molecule is CCCOc1c(Cl)cc(CNC23CC4CC(C)(CC(C)(C4)C2)C3)cc1OCC. The quantitative estimate of drug-likeness (QED) is 0.545. The van der Waals surface area contributed by atoms with Crippen molar-refractivity contribution >= 4 is 11.6 Å². The molecule has 2 unspecified atom stereocenters. The van der Waals surface area contributed by atoms with Crippen LogP contribution in [0.25, 0.3) is 0 Å². The average Bonchev–Trinajstić information content (AvgIpc) is 2.56. The topological polar surface area (TPSA) is 30.5 Å². The monoisotopic (exact) mass is 405 g/mol. The molecule has 0 heterocycles. The second-order valence-corrected chi connectivity index (χ2v) is 10.9. The number of rotatable bonds is 8. The maximum absolute atomic E-state index is 6.57. The molecule has 5 rings (SSSR count). The van der Waals surface area contributed by atoms with E-state index in [1.807, 2.05) is 13.0 Å². The lowest BCUT2D eigenvalue weighted by Crippen LogP contribution is -2.63. The van der Waals surface area contributed by atoms with Crippen molar-refractivity contribution < 1.29 is 9.47 Å². The van der Waals surface area contributed by atoms with Gasteiger partial charge in [0.15, 0.2) is 11.5 Å². The Bertz CT molecular complexity index is 716. The van der Waals surface area contributed by atoms with Gasteiger partial charge in [-0.1, -0.05) is 32.4 Å². The zero-order chi connectivity index (χ0) is 20.0. The predicted octanol–water partition coefficient (Wildman–Crippen LogP) is 6.37. The van der Waals surface area contributed by atoms with Crippen molar-refractivity contribution in [1.82, 2.24) is 5.32 Å². The first-order chi connectivity index (χ1) is 13.3. The third kappa shape index (κ3) is 3.89. The van der Waals surface area contributed by atoms with E-state index in [1.54, 1.807) is 0 Å². The molecule has 156 valence electrons. The summed E-state index contributed by atoms with van der Waals surface area (Å²) in [7, 11) is 0. The molecule has 1 aromatic carbocycles. The minimum absolute atomic E-state index is 0.290. The van der Waals surface area contributed by atoms with Gasteiger partial charge in [0.25, 0.3) is 0 Å². The summed E-state index contributed by atoms with van der Waals surface area (Å²) >= 11 is 6.57. The van der Waals surface area contributed by atoms with Crippen molar-refractivity contribution in [2.45, 2.75) is 84.7 Å². The van der Waals surface area contributed by atoms with Crippen molar-refractivity contribution in [1.29, 1.82) is 0 Å². The first kappa shape index (κ1) is 20.3. The number of ether oxygens (including phenoxy) is 2. The number of hydrogen-bond acceptors (Lipinski definition) is 3. The van der Waals surface area contributed by atoms with Gasteiger partial charge in [-0.3, -0.25) is 0 Å². The highest BCUT2D eigenvalue weighted by molar-refractivity contribution is 6.32. The van der Waals surface area contributed by atoms with Crippen LogP contribution in [0.4, 0.5) is 0 Å². The van der Waals surface area contributed by atoms with Crippen LogP contribution in [0.3, 0.4) is 0 Å². The Hall–Kier alpha value is -0.930. The van der Waals surface area contributed by atoms with Gasteiger partial charge >= 0.3 is 0 Å². The maximum Gasteiger partial charge on any atom is 0.179 e. The second kappa shape index (κ2) is 7.40. The number of nitrogens with one attached hydrogen (secondary N) is 1. The van der Waals surface area contributed by atoms with Crippen LogP contribution in [0.1, 0.15) is 78.2 Å². The predicted molar refractivity (Wildman–Crippen MR) is 115 cm³/mol. The first-order valence-electron chi connectivity index (χ1n) is 11.1. The van der Waals surface area contributed by atoms with Gasteiger partial charge in [-0.25, -0.2) is 0 Å². The zero-order valence-corrected chi connectivity index (χ0v) is 18.8. The van der Waals surface area contributed by atoms with Crippen LogP contribution in [0, 0.1) is 16.7 Å². The Morgan fingerprint density at radius 2 is 1.75 bits per heavy atom. The van der Waals surface area contributed by atoms with Crippen LogP contribution in [-0.4, -0.2) is 18.8 Å². The molecule has 0 saturated heterocycles. The summed E-state index contributed by atoms with van der Waals surface area (Å²) in [5.41, 5.74) is 2.52. The van der Waals surface area contributed by atoms with E-state index in [-0.39, 0.29) is 0 Å². The van der Waals surface area contributed by atoms with Crippen LogP contribution in [-0.2, 0) is 6.54 Å². The lowest BCUT2D eigenvalue weighted by molar-refractivity contribution is -0.118. The summed E-state index contributed by atoms with van der Waals surface area (Å²) in [6, 6.07) is 4.16. The van der Waals surface area contributed by atoms with Gasteiger partial charge in [-0.05, 0) is 86.3 Å². The van der Waals surface area contributed by atoms with Gasteiger partial charge in [0, 0.05) is 12.1 Å². The lowest BCUT2D eigenvalue weighted by Gasteiger charge is -2.65. The van der Waals surface area contributed by atoms with Gasteiger partial charge in [0.1, 0.15) is 0 Å². The van der Waals surface area contributed by atoms with Crippen molar-refractivity contribution in [2.24, 2.45) is 16.7 Å². The molecule has 4 saturated carbocycles. The Kier molecular flexibility index (Phi) is 5.37. The molecule has 0 amide bonds. The minimum atomic E-state index is 0.290. The van der Waals surface area contributed by atoms with Gasteiger partial charge in [-0.15, -0.1) is 0 Å². The molecular formula is C24H36ClNO2. The highest BCUT2D eigenvalue weighted by Crippen LogP contribution is 2.66. The molecule has 3 nitrogen and oxygen atoms in total. The molecule has 4 bridgehead atoms. The Morgan fingerprint density at radius 3 is 2.36 bits per heavy atom. The number of benzene rings is 1. The Balaban J connectivity index is 1.52. The summed E-state index contributed by atoms with van der Waals surface area (Å²) in [6.45, 7) is 11.2. The van der Waals surface area contributed by atoms with Crippen molar-refractivity contribution in [3.63, 3.8) is 0 Å². The van der Waals surface area contributed by atoms with E-state index in [1.165, 1.54) is 44.1 Å². The highest BCUT2D eigenvalue weighted by atomic mass is 35.5. The van der Waals surface area contributed by atoms with Crippen LogP contribution in [0.15, 0.2) is 12.1 Å². The van der Waals surface area contributed by atoms with Crippen LogP contribution < -0.4 is 14.8 Å². The van der Waals surface area contributed by atoms with E-state index in [9.17, 15) is 0 Å². The van der Waals surface area contributed by atoms with E-state index in [2.05, 4.69) is 32.2 Å². The summed E-state index contributed by atoms with van der Waals surface area (Å²) < 4.78 is 11.7. The smallest absolute Gasteiger partial charge is 0.179 e. The second-order valence-electron chi connectivity index (χ2n) is 10.5. The minimum Gasteiger partial charge on any atom is -0.490 e. The van der Waals surface area contributed by atoms with Crippen molar-refractivity contribution in [2.75, 3.05) is 13.2 Å². The zero-order valence-electron chi connectivity index (χ0n) is 18.0. The molecular weight excluding hydrogens is 370 g/mol. The summed E-state index contributed by atoms with van der Waals surface area (Å²) in [4.78, 5) is 0. The molecule has 4 aliphatic carbocycles. The van der Waals surface area contributed by atoms with E-state index >= 15 is 0 Å². The molecule has 0 spiro atoms. The third-order valence-corrected chi connectivity index (χ3v) is 7.39. The van der Waals surface area contributed by atoms with Gasteiger partial charge in [0.05, 0.1) is 18.2 Å². The Labute approximate surface area is 175 Å². The normalized spacial score (nSPS) is 36.0. The first-order valence-corrected chi connectivity index (χ1v) is 11.5. The fraction of sp³-hybridized carbons (Fsp3) is 0.750. The van der Waals surface area contributed by atoms with E-state index in [4.69, 9.17) is 21.1 Å². The van der Waals surface area contributed by atoms with Crippen molar-refractivity contribution in [3.05, 3.63) is 22.7 Å².